The van der Waals surface area contributed by atoms with E-state index in [1.54, 1.807) is 19.2 Å². The maximum atomic E-state index is 13.1. The standard InChI is InChI=1S/C25H25F3N4O3/c1-15(2)34-21-14-32(11-10-20(21)35-17-7-5-6-16(12-17)25(26,27)28)19-13-23(33)31(4)18-8-9-22(29-3)30-24(18)19/h5-9,12-13,15,20-21H,10-11,14H2,1-2,4H3/t20-,21-/m1/s1. The van der Waals surface area contributed by atoms with Crippen LogP contribution in [0.3, 0.4) is 0 Å². The summed E-state index contributed by atoms with van der Waals surface area (Å²) in [6, 6.07) is 9.57. The Morgan fingerprint density at radius 2 is 1.94 bits per heavy atom. The van der Waals surface area contributed by atoms with Crippen LogP contribution in [0.1, 0.15) is 25.8 Å². The number of aryl methyl sites for hydroxylation is 1. The van der Waals surface area contributed by atoms with Crippen molar-refractivity contribution in [3.63, 3.8) is 0 Å². The predicted octanol–water partition coefficient (Wildman–Crippen LogP) is 4.95. The summed E-state index contributed by atoms with van der Waals surface area (Å²) in [5, 5.41) is 0. The zero-order valence-corrected chi connectivity index (χ0v) is 19.5. The average molecular weight is 486 g/mol. The Bertz CT molecular complexity index is 1330. The summed E-state index contributed by atoms with van der Waals surface area (Å²) in [4.78, 5) is 22.4. The molecule has 0 N–H and O–H groups in total. The van der Waals surface area contributed by atoms with E-state index in [9.17, 15) is 18.0 Å². The van der Waals surface area contributed by atoms with Gasteiger partial charge in [-0.3, -0.25) is 4.79 Å². The summed E-state index contributed by atoms with van der Waals surface area (Å²) in [6.07, 6.45) is -5.12. The largest absolute Gasteiger partial charge is 0.488 e. The molecule has 0 unspecified atom stereocenters. The molecular weight excluding hydrogens is 461 g/mol. The fraction of sp³-hybridized carbons (Fsp3) is 0.400. The number of pyridine rings is 2. The number of hydrogen-bond acceptors (Lipinski definition) is 5. The summed E-state index contributed by atoms with van der Waals surface area (Å²) in [7, 11) is 1.65. The van der Waals surface area contributed by atoms with E-state index in [1.807, 2.05) is 18.7 Å². The first kappa shape index (κ1) is 24.5. The topological polar surface area (TPSA) is 61.0 Å². The zero-order valence-electron chi connectivity index (χ0n) is 19.5. The second-order valence-corrected chi connectivity index (χ2v) is 8.72. The molecule has 2 aromatic heterocycles. The van der Waals surface area contributed by atoms with Crippen LogP contribution in [0, 0.1) is 6.57 Å². The Hall–Kier alpha value is -3.58. The lowest BCUT2D eigenvalue weighted by Gasteiger charge is -2.40. The molecule has 3 aromatic rings. The van der Waals surface area contributed by atoms with E-state index >= 15 is 0 Å². The van der Waals surface area contributed by atoms with Gasteiger partial charge in [0, 0.05) is 32.6 Å². The van der Waals surface area contributed by atoms with Crippen LogP contribution in [-0.2, 0) is 18.0 Å². The molecule has 35 heavy (non-hydrogen) atoms. The van der Waals surface area contributed by atoms with Crippen molar-refractivity contribution in [3.8, 4) is 5.75 Å². The number of ether oxygens (including phenoxy) is 2. The van der Waals surface area contributed by atoms with E-state index in [1.165, 1.54) is 22.8 Å². The molecule has 184 valence electrons. The molecule has 1 aromatic carbocycles. The Morgan fingerprint density at radius 1 is 1.17 bits per heavy atom. The molecule has 0 radical (unpaired) electrons. The monoisotopic (exact) mass is 486 g/mol. The fourth-order valence-electron chi connectivity index (χ4n) is 4.25. The number of benzene rings is 1. The highest BCUT2D eigenvalue weighted by Crippen LogP contribution is 2.33. The highest BCUT2D eigenvalue weighted by atomic mass is 19.4. The smallest absolute Gasteiger partial charge is 0.416 e. The van der Waals surface area contributed by atoms with Gasteiger partial charge in [0.05, 0.1) is 22.9 Å². The number of fused-ring (bicyclic) bond motifs is 1. The van der Waals surface area contributed by atoms with Crippen LogP contribution in [0.15, 0.2) is 47.3 Å². The number of nitrogens with zero attached hydrogens (tertiary/aromatic N) is 4. The third-order valence-electron chi connectivity index (χ3n) is 5.90. The van der Waals surface area contributed by atoms with Gasteiger partial charge in [0.1, 0.15) is 18.0 Å². The molecule has 0 saturated carbocycles. The predicted molar refractivity (Wildman–Crippen MR) is 126 cm³/mol. The van der Waals surface area contributed by atoms with Crippen LogP contribution in [-0.4, -0.2) is 41.0 Å². The number of aromatic nitrogens is 2. The summed E-state index contributed by atoms with van der Waals surface area (Å²) in [5.74, 6) is 0.341. The quantitative estimate of drug-likeness (QED) is 0.478. The van der Waals surface area contributed by atoms with E-state index in [0.29, 0.717) is 36.2 Å². The van der Waals surface area contributed by atoms with Crippen LogP contribution in [0.25, 0.3) is 15.9 Å². The molecular formula is C25H25F3N4O3. The van der Waals surface area contributed by atoms with Gasteiger partial charge in [-0.2, -0.15) is 13.2 Å². The van der Waals surface area contributed by atoms with E-state index in [2.05, 4.69) is 9.83 Å². The maximum Gasteiger partial charge on any atom is 0.416 e. The Balaban J connectivity index is 1.65. The van der Waals surface area contributed by atoms with E-state index in [4.69, 9.17) is 16.0 Å². The van der Waals surface area contributed by atoms with E-state index in [0.717, 1.165) is 12.1 Å². The van der Waals surface area contributed by atoms with Gasteiger partial charge in [-0.05, 0) is 44.2 Å². The van der Waals surface area contributed by atoms with Gasteiger partial charge in [-0.25, -0.2) is 0 Å². The van der Waals surface area contributed by atoms with Crippen LogP contribution in [0.5, 0.6) is 5.75 Å². The molecule has 3 heterocycles. The maximum absolute atomic E-state index is 13.1. The molecule has 0 aliphatic carbocycles. The van der Waals surface area contributed by atoms with Crippen molar-refractivity contribution in [3.05, 3.63) is 69.8 Å². The van der Waals surface area contributed by atoms with Crippen molar-refractivity contribution in [2.24, 2.45) is 7.05 Å². The minimum atomic E-state index is -4.46. The summed E-state index contributed by atoms with van der Waals surface area (Å²) in [6.45, 7) is 11.9. The normalized spacial score (nSPS) is 18.6. The van der Waals surface area contributed by atoms with Crippen molar-refractivity contribution < 1.29 is 22.6 Å². The molecule has 1 aliphatic heterocycles. The molecule has 1 saturated heterocycles. The molecule has 0 amide bonds. The van der Waals surface area contributed by atoms with Crippen molar-refractivity contribution in [1.29, 1.82) is 0 Å². The summed E-state index contributed by atoms with van der Waals surface area (Å²) in [5.41, 5.74) is 0.726. The molecule has 1 aliphatic rings. The third-order valence-corrected chi connectivity index (χ3v) is 5.90. The van der Waals surface area contributed by atoms with Crippen molar-refractivity contribution >= 4 is 22.5 Å². The zero-order chi connectivity index (χ0) is 25.3. The third kappa shape index (κ3) is 5.25. The lowest BCUT2D eigenvalue weighted by Crippen LogP contribution is -2.51. The number of halogens is 3. The number of hydrogen-bond donors (Lipinski definition) is 0. The fourth-order valence-corrected chi connectivity index (χ4v) is 4.25. The van der Waals surface area contributed by atoms with Gasteiger partial charge in [0.15, 0.2) is 0 Å². The molecule has 7 nitrogen and oxygen atoms in total. The van der Waals surface area contributed by atoms with Crippen molar-refractivity contribution in [2.75, 3.05) is 18.0 Å². The molecule has 0 spiro atoms. The molecule has 4 rings (SSSR count). The summed E-state index contributed by atoms with van der Waals surface area (Å²) >= 11 is 0. The second kappa shape index (κ2) is 9.58. The van der Waals surface area contributed by atoms with Gasteiger partial charge in [0.2, 0.25) is 5.52 Å². The van der Waals surface area contributed by atoms with Crippen LogP contribution in [0.4, 0.5) is 24.7 Å². The number of piperidine rings is 1. The van der Waals surface area contributed by atoms with Gasteiger partial charge in [0.25, 0.3) is 11.4 Å². The van der Waals surface area contributed by atoms with E-state index < -0.39 is 23.9 Å². The highest BCUT2D eigenvalue weighted by Gasteiger charge is 2.35. The first-order valence-electron chi connectivity index (χ1n) is 11.2. The van der Waals surface area contributed by atoms with Crippen LogP contribution >= 0.6 is 0 Å². The molecule has 2 atom stereocenters. The Morgan fingerprint density at radius 3 is 2.63 bits per heavy atom. The number of anilines is 1. The SMILES string of the molecule is [C-]#[N+]c1ccc2c(n1)c(N1CC[C@@H](Oc3cccc(C(F)(F)F)c3)[C@H](OC(C)C)C1)cc(=O)n2C. The number of alkyl halides is 3. The average Bonchev–Trinajstić information content (AvgIpc) is 2.81. The first-order valence-corrected chi connectivity index (χ1v) is 11.2. The Labute approximate surface area is 200 Å². The lowest BCUT2D eigenvalue weighted by molar-refractivity contribution is -0.137. The van der Waals surface area contributed by atoms with Crippen molar-refractivity contribution in [1.82, 2.24) is 9.55 Å². The highest BCUT2D eigenvalue weighted by molar-refractivity contribution is 5.89. The molecule has 0 bridgehead atoms. The second-order valence-electron chi connectivity index (χ2n) is 8.72. The number of rotatable bonds is 5. The minimum absolute atomic E-state index is 0.123. The molecule has 10 heteroatoms. The summed E-state index contributed by atoms with van der Waals surface area (Å²) < 4.78 is 53.0. The first-order chi connectivity index (χ1) is 16.6. The minimum Gasteiger partial charge on any atom is -0.488 e. The van der Waals surface area contributed by atoms with Crippen LogP contribution in [0.2, 0.25) is 0 Å². The van der Waals surface area contributed by atoms with Gasteiger partial charge in [-0.15, -0.1) is 4.98 Å². The Kier molecular flexibility index (Phi) is 6.72. The van der Waals surface area contributed by atoms with Crippen LogP contribution < -0.4 is 15.2 Å². The lowest BCUT2D eigenvalue weighted by atomic mass is 10.0. The van der Waals surface area contributed by atoms with Gasteiger partial charge in [-0.1, -0.05) is 12.6 Å². The van der Waals surface area contributed by atoms with E-state index in [-0.39, 0.29) is 23.2 Å². The van der Waals surface area contributed by atoms with Crippen molar-refractivity contribution in [2.45, 2.75) is 44.8 Å². The van der Waals surface area contributed by atoms with Gasteiger partial charge >= 0.3 is 6.18 Å². The van der Waals surface area contributed by atoms with Gasteiger partial charge < -0.3 is 23.8 Å². The molecule has 1 fully saturated rings.